The minimum atomic E-state index is -0.851. The number of hydrogen-bond acceptors (Lipinski definition) is 2. The quantitative estimate of drug-likeness (QED) is 0.772. The lowest BCUT2D eigenvalue weighted by atomic mass is 9.95. The minimum absolute atomic E-state index is 0.270. The number of aliphatic hydroxyl groups is 1. The van der Waals surface area contributed by atoms with Gasteiger partial charge in [0.25, 0.3) is 0 Å². The van der Waals surface area contributed by atoms with Crippen molar-refractivity contribution in [3.63, 3.8) is 0 Å². The molecule has 0 amide bonds. The van der Waals surface area contributed by atoms with E-state index < -0.39 is 5.60 Å². The first-order chi connectivity index (χ1) is 6.05. The zero-order valence-electron chi connectivity index (χ0n) is 8.32. The van der Waals surface area contributed by atoms with Crippen molar-refractivity contribution in [3.05, 3.63) is 35.9 Å². The molecule has 13 heavy (non-hydrogen) atoms. The Morgan fingerprint density at radius 3 is 2.15 bits per heavy atom. The van der Waals surface area contributed by atoms with Crippen molar-refractivity contribution in [2.24, 2.45) is 0 Å². The monoisotopic (exact) mass is 180 g/mol. The van der Waals surface area contributed by atoms with E-state index in [4.69, 9.17) is 4.74 Å². The summed E-state index contributed by atoms with van der Waals surface area (Å²) in [5, 5.41) is 9.81. The van der Waals surface area contributed by atoms with Gasteiger partial charge in [0.2, 0.25) is 0 Å². The first kappa shape index (κ1) is 10.2. The van der Waals surface area contributed by atoms with Gasteiger partial charge in [0, 0.05) is 7.11 Å². The van der Waals surface area contributed by atoms with Crippen molar-refractivity contribution in [2.75, 3.05) is 7.11 Å². The van der Waals surface area contributed by atoms with E-state index in [-0.39, 0.29) is 6.10 Å². The van der Waals surface area contributed by atoms with E-state index in [0.29, 0.717) is 0 Å². The molecule has 1 N–H and O–H groups in total. The number of methoxy groups -OCH3 is 1. The van der Waals surface area contributed by atoms with Crippen LogP contribution in [0.5, 0.6) is 0 Å². The summed E-state index contributed by atoms with van der Waals surface area (Å²) >= 11 is 0. The lowest BCUT2D eigenvalue weighted by molar-refractivity contribution is -0.0720. The molecule has 0 saturated carbocycles. The molecule has 1 unspecified atom stereocenters. The normalized spacial score (nSPS) is 14.2. The molecule has 1 aromatic carbocycles. The molecule has 0 fully saturated rings. The highest BCUT2D eigenvalue weighted by Crippen LogP contribution is 2.27. The molecule has 2 nitrogen and oxygen atoms in total. The van der Waals surface area contributed by atoms with Crippen molar-refractivity contribution in [3.8, 4) is 0 Å². The predicted octanol–water partition coefficient (Wildman–Crippen LogP) is 2.15. The van der Waals surface area contributed by atoms with Crippen LogP contribution in [0.4, 0.5) is 0 Å². The molecule has 0 aromatic heterocycles. The van der Waals surface area contributed by atoms with Crippen LogP contribution in [0.1, 0.15) is 25.5 Å². The fourth-order valence-corrected chi connectivity index (χ4v) is 1.46. The molecule has 0 saturated heterocycles. The van der Waals surface area contributed by atoms with Crippen LogP contribution in [0.25, 0.3) is 0 Å². The van der Waals surface area contributed by atoms with Gasteiger partial charge in [-0.2, -0.15) is 0 Å². The maximum Gasteiger partial charge on any atom is 0.110 e. The predicted molar refractivity (Wildman–Crippen MR) is 52.5 cm³/mol. The second kappa shape index (κ2) is 3.90. The number of ether oxygens (including phenoxy) is 1. The van der Waals surface area contributed by atoms with Gasteiger partial charge in [-0.05, 0) is 19.4 Å². The third kappa shape index (κ3) is 2.54. The molecule has 0 aliphatic rings. The van der Waals surface area contributed by atoms with Gasteiger partial charge in [0.1, 0.15) is 6.10 Å². The Morgan fingerprint density at radius 1 is 1.23 bits per heavy atom. The Kier molecular flexibility index (Phi) is 3.07. The van der Waals surface area contributed by atoms with Gasteiger partial charge in [-0.25, -0.2) is 0 Å². The molecular weight excluding hydrogens is 164 g/mol. The lowest BCUT2D eigenvalue weighted by Crippen LogP contribution is -2.30. The van der Waals surface area contributed by atoms with Crippen LogP contribution in [0.3, 0.4) is 0 Å². The summed E-state index contributed by atoms with van der Waals surface area (Å²) in [6.07, 6.45) is -0.270. The summed E-state index contributed by atoms with van der Waals surface area (Å²) in [5.74, 6) is 0. The minimum Gasteiger partial charge on any atom is -0.387 e. The van der Waals surface area contributed by atoms with Crippen molar-refractivity contribution in [1.29, 1.82) is 0 Å². The first-order valence-electron chi connectivity index (χ1n) is 4.36. The van der Waals surface area contributed by atoms with Crippen LogP contribution in [0.2, 0.25) is 0 Å². The van der Waals surface area contributed by atoms with Crippen molar-refractivity contribution in [2.45, 2.75) is 25.6 Å². The molecule has 0 bridgehead atoms. The van der Waals surface area contributed by atoms with Crippen LogP contribution in [-0.2, 0) is 4.74 Å². The van der Waals surface area contributed by atoms with E-state index in [9.17, 15) is 5.11 Å². The molecule has 0 aliphatic carbocycles. The Labute approximate surface area is 79.2 Å². The Hall–Kier alpha value is -0.860. The van der Waals surface area contributed by atoms with Gasteiger partial charge >= 0.3 is 0 Å². The smallest absolute Gasteiger partial charge is 0.110 e. The molecule has 72 valence electrons. The fourth-order valence-electron chi connectivity index (χ4n) is 1.46. The Balaban J connectivity index is 2.92. The summed E-state index contributed by atoms with van der Waals surface area (Å²) in [6.45, 7) is 3.49. The van der Waals surface area contributed by atoms with E-state index in [1.54, 1.807) is 21.0 Å². The van der Waals surface area contributed by atoms with Crippen LogP contribution in [0.15, 0.2) is 30.3 Å². The second-order valence-electron chi connectivity index (χ2n) is 3.68. The van der Waals surface area contributed by atoms with Crippen molar-refractivity contribution >= 4 is 0 Å². The number of benzene rings is 1. The van der Waals surface area contributed by atoms with Crippen LogP contribution in [0, 0.1) is 0 Å². The Morgan fingerprint density at radius 2 is 1.77 bits per heavy atom. The van der Waals surface area contributed by atoms with Gasteiger partial charge in [-0.1, -0.05) is 30.3 Å². The van der Waals surface area contributed by atoms with Crippen LogP contribution >= 0.6 is 0 Å². The van der Waals surface area contributed by atoms with E-state index in [1.165, 1.54) is 0 Å². The third-order valence-electron chi connectivity index (χ3n) is 1.98. The van der Waals surface area contributed by atoms with E-state index >= 15 is 0 Å². The summed E-state index contributed by atoms with van der Waals surface area (Å²) in [4.78, 5) is 0. The molecule has 1 aromatic rings. The maximum atomic E-state index is 9.81. The topological polar surface area (TPSA) is 29.5 Å². The van der Waals surface area contributed by atoms with Crippen LogP contribution in [-0.4, -0.2) is 17.8 Å². The first-order valence-corrected chi connectivity index (χ1v) is 4.36. The number of hydrogen-bond donors (Lipinski definition) is 1. The molecule has 0 radical (unpaired) electrons. The molecule has 0 heterocycles. The van der Waals surface area contributed by atoms with Gasteiger partial charge < -0.3 is 9.84 Å². The third-order valence-corrected chi connectivity index (χ3v) is 1.98. The molecule has 1 rings (SSSR count). The summed E-state index contributed by atoms with van der Waals surface area (Å²) in [7, 11) is 1.61. The highest BCUT2D eigenvalue weighted by atomic mass is 16.5. The van der Waals surface area contributed by atoms with Gasteiger partial charge in [-0.15, -0.1) is 0 Å². The van der Waals surface area contributed by atoms with Gasteiger partial charge in [-0.3, -0.25) is 0 Å². The zero-order valence-corrected chi connectivity index (χ0v) is 8.32. The zero-order chi connectivity index (χ0) is 9.90. The van der Waals surface area contributed by atoms with Gasteiger partial charge in [0.05, 0.1) is 5.60 Å². The molecule has 2 heteroatoms. The highest BCUT2D eigenvalue weighted by molar-refractivity contribution is 5.19. The average molecular weight is 180 g/mol. The van der Waals surface area contributed by atoms with E-state index in [0.717, 1.165) is 5.56 Å². The van der Waals surface area contributed by atoms with Crippen molar-refractivity contribution in [1.82, 2.24) is 0 Å². The standard InChI is InChI=1S/C11H16O2/c1-11(2,12)10(13-3)9-7-5-4-6-8-9/h4-8,10,12H,1-3H3. The summed E-state index contributed by atoms with van der Waals surface area (Å²) in [6, 6.07) is 9.72. The fraction of sp³-hybridized carbons (Fsp3) is 0.455. The van der Waals surface area contributed by atoms with E-state index in [2.05, 4.69) is 0 Å². The lowest BCUT2D eigenvalue weighted by Gasteiger charge is -2.28. The summed E-state index contributed by atoms with van der Waals surface area (Å²) < 4.78 is 5.25. The second-order valence-corrected chi connectivity index (χ2v) is 3.68. The van der Waals surface area contributed by atoms with Crippen LogP contribution < -0.4 is 0 Å². The Bertz CT molecular complexity index is 249. The molecule has 0 aliphatic heterocycles. The number of rotatable bonds is 3. The average Bonchev–Trinajstić information content (AvgIpc) is 2.05. The largest absolute Gasteiger partial charge is 0.387 e. The summed E-state index contributed by atoms with van der Waals surface area (Å²) in [5.41, 5.74) is 0.147. The van der Waals surface area contributed by atoms with Crippen molar-refractivity contribution < 1.29 is 9.84 Å². The molecule has 0 spiro atoms. The SMILES string of the molecule is COC(c1ccccc1)C(C)(C)O. The van der Waals surface area contributed by atoms with Gasteiger partial charge in [0.15, 0.2) is 0 Å². The molecule has 1 atom stereocenters. The highest BCUT2D eigenvalue weighted by Gasteiger charge is 2.27. The molecular formula is C11H16O2. The maximum absolute atomic E-state index is 9.81. The van der Waals surface area contributed by atoms with E-state index in [1.807, 2.05) is 30.3 Å².